The summed E-state index contributed by atoms with van der Waals surface area (Å²) in [4.78, 5) is 3.82. The van der Waals surface area contributed by atoms with E-state index in [9.17, 15) is 13.2 Å². The van der Waals surface area contributed by atoms with Crippen molar-refractivity contribution < 1.29 is 17.9 Å². The fraction of sp³-hybridized carbons (Fsp3) is 0.583. The summed E-state index contributed by atoms with van der Waals surface area (Å²) in [6.07, 6.45) is -2.12. The van der Waals surface area contributed by atoms with Crippen LogP contribution >= 0.6 is 12.4 Å². The minimum Gasteiger partial charge on any atom is -0.477 e. The smallest absolute Gasteiger partial charge is 0.416 e. The van der Waals surface area contributed by atoms with Crippen LogP contribution in [-0.4, -0.2) is 24.7 Å². The predicted octanol–water partition coefficient (Wildman–Crippen LogP) is 2.51. The van der Waals surface area contributed by atoms with E-state index in [1.54, 1.807) is 0 Å². The van der Waals surface area contributed by atoms with Gasteiger partial charge in [0.15, 0.2) is 0 Å². The topological polar surface area (TPSA) is 34.1 Å². The Balaban J connectivity index is 0.00000133. The fourth-order valence-electron chi connectivity index (χ4n) is 2.54. The van der Waals surface area contributed by atoms with Gasteiger partial charge in [-0.15, -0.1) is 12.4 Å². The van der Waals surface area contributed by atoms with Crippen molar-refractivity contribution in [1.82, 2.24) is 10.3 Å². The summed E-state index contributed by atoms with van der Waals surface area (Å²) in [6, 6.07) is 1.90. The van der Waals surface area contributed by atoms with Gasteiger partial charge in [0.2, 0.25) is 5.88 Å². The molecule has 1 saturated heterocycles. The van der Waals surface area contributed by atoms with Crippen molar-refractivity contribution in [2.24, 2.45) is 11.3 Å². The normalized spacial score (nSPS) is 28.5. The van der Waals surface area contributed by atoms with Gasteiger partial charge in [0.25, 0.3) is 0 Å². The van der Waals surface area contributed by atoms with Crippen molar-refractivity contribution in [3.63, 3.8) is 0 Å². The van der Waals surface area contributed by atoms with E-state index in [1.807, 2.05) is 0 Å². The number of hydrogen-bond acceptors (Lipinski definition) is 3. The lowest BCUT2D eigenvalue weighted by Gasteiger charge is -2.13. The van der Waals surface area contributed by atoms with E-state index in [2.05, 4.69) is 10.3 Å². The number of nitrogens with zero attached hydrogens (tertiary/aromatic N) is 1. The fourth-order valence-corrected chi connectivity index (χ4v) is 2.54. The van der Waals surface area contributed by atoms with Gasteiger partial charge in [-0.1, -0.05) is 0 Å². The van der Waals surface area contributed by atoms with Crippen molar-refractivity contribution >= 4 is 12.4 Å². The highest BCUT2D eigenvalue weighted by Crippen LogP contribution is 2.54. The van der Waals surface area contributed by atoms with Crippen LogP contribution in [0.4, 0.5) is 13.2 Å². The maximum absolute atomic E-state index is 12.5. The van der Waals surface area contributed by atoms with Crippen LogP contribution in [0.5, 0.6) is 5.88 Å². The molecule has 1 aliphatic heterocycles. The van der Waals surface area contributed by atoms with Gasteiger partial charge in [-0.3, -0.25) is 0 Å². The first-order chi connectivity index (χ1) is 8.50. The quantitative estimate of drug-likeness (QED) is 0.930. The summed E-state index contributed by atoms with van der Waals surface area (Å²) >= 11 is 0. The zero-order valence-electron chi connectivity index (χ0n) is 10.0. The molecule has 1 aromatic rings. The van der Waals surface area contributed by atoms with Crippen LogP contribution in [0.15, 0.2) is 18.3 Å². The summed E-state index contributed by atoms with van der Waals surface area (Å²) in [5, 5.41) is 3.25. The first-order valence-electron chi connectivity index (χ1n) is 5.86. The molecule has 2 atom stereocenters. The van der Waals surface area contributed by atoms with E-state index < -0.39 is 11.7 Å². The van der Waals surface area contributed by atoms with Crippen molar-refractivity contribution in [2.45, 2.75) is 12.6 Å². The molecule has 2 aliphatic rings. The lowest BCUT2D eigenvalue weighted by atomic mass is 10.1. The Morgan fingerprint density at radius 2 is 2.26 bits per heavy atom. The Morgan fingerprint density at radius 1 is 1.47 bits per heavy atom. The van der Waals surface area contributed by atoms with Gasteiger partial charge in [0.1, 0.15) is 0 Å². The summed E-state index contributed by atoms with van der Waals surface area (Å²) in [7, 11) is 0. The molecule has 2 unspecified atom stereocenters. The zero-order valence-corrected chi connectivity index (χ0v) is 10.9. The molecule has 0 radical (unpaired) electrons. The van der Waals surface area contributed by atoms with Crippen molar-refractivity contribution in [2.75, 3.05) is 19.7 Å². The lowest BCUT2D eigenvalue weighted by molar-refractivity contribution is -0.137. The third-order valence-electron chi connectivity index (χ3n) is 3.80. The van der Waals surface area contributed by atoms with Crippen molar-refractivity contribution in [1.29, 1.82) is 0 Å². The Labute approximate surface area is 115 Å². The third kappa shape index (κ3) is 2.79. The number of alkyl halides is 3. The van der Waals surface area contributed by atoms with Crippen LogP contribution in [0.3, 0.4) is 0 Å². The maximum atomic E-state index is 12.5. The second-order valence-corrected chi connectivity index (χ2v) is 5.06. The van der Waals surface area contributed by atoms with E-state index in [0.29, 0.717) is 12.5 Å². The van der Waals surface area contributed by atoms with Crippen LogP contribution < -0.4 is 10.1 Å². The molecule has 7 heteroatoms. The molecule has 106 valence electrons. The van der Waals surface area contributed by atoms with Gasteiger partial charge < -0.3 is 10.1 Å². The summed E-state index contributed by atoms with van der Waals surface area (Å²) in [6.45, 7) is 2.31. The Morgan fingerprint density at radius 3 is 2.84 bits per heavy atom. The highest BCUT2D eigenvalue weighted by atomic mass is 35.5. The summed E-state index contributed by atoms with van der Waals surface area (Å²) in [5.74, 6) is 0.667. The van der Waals surface area contributed by atoms with Crippen LogP contribution in [0.1, 0.15) is 12.0 Å². The Hall–Kier alpha value is -1.01. The van der Waals surface area contributed by atoms with Gasteiger partial charge in [0, 0.05) is 24.2 Å². The van der Waals surface area contributed by atoms with Crippen LogP contribution in [0.25, 0.3) is 0 Å². The largest absolute Gasteiger partial charge is 0.477 e. The molecule has 3 rings (SSSR count). The molecular weight excluding hydrogens is 281 g/mol. The molecule has 0 bridgehead atoms. The molecule has 3 nitrogen and oxygen atoms in total. The average molecular weight is 295 g/mol. The first-order valence-corrected chi connectivity index (χ1v) is 5.86. The molecule has 2 heterocycles. The number of halogens is 4. The number of pyridine rings is 1. The predicted molar refractivity (Wildman–Crippen MR) is 65.4 cm³/mol. The molecule has 0 spiro atoms. The average Bonchev–Trinajstić information content (AvgIpc) is 2.88. The number of rotatable bonds is 3. The third-order valence-corrected chi connectivity index (χ3v) is 3.80. The van der Waals surface area contributed by atoms with Crippen LogP contribution in [-0.2, 0) is 6.18 Å². The Bertz CT molecular complexity index is 469. The van der Waals surface area contributed by atoms with E-state index in [0.717, 1.165) is 37.8 Å². The molecule has 0 amide bonds. The SMILES string of the molecule is Cl.FC(F)(F)c1ccnc(OCC23CNCC2C3)c1. The lowest BCUT2D eigenvalue weighted by Crippen LogP contribution is -2.22. The molecule has 1 aromatic heterocycles. The Kier molecular flexibility index (Phi) is 3.66. The van der Waals surface area contributed by atoms with E-state index >= 15 is 0 Å². The summed E-state index contributed by atoms with van der Waals surface area (Å²) in [5.41, 5.74) is -0.586. The molecule has 19 heavy (non-hydrogen) atoms. The number of nitrogens with one attached hydrogen (secondary N) is 1. The molecule has 1 aliphatic carbocycles. The van der Waals surface area contributed by atoms with Gasteiger partial charge in [0.05, 0.1) is 12.2 Å². The van der Waals surface area contributed by atoms with Crippen LogP contribution in [0.2, 0.25) is 0 Å². The zero-order chi connectivity index (χ0) is 12.8. The molecule has 0 aromatic carbocycles. The van der Waals surface area contributed by atoms with Gasteiger partial charge in [-0.25, -0.2) is 4.98 Å². The molecule has 1 saturated carbocycles. The number of aromatic nitrogens is 1. The van der Waals surface area contributed by atoms with Crippen LogP contribution in [0, 0.1) is 11.3 Å². The molecular formula is C12H14ClF3N2O. The van der Waals surface area contributed by atoms with Crippen molar-refractivity contribution in [3.8, 4) is 5.88 Å². The number of ether oxygens (including phenoxy) is 1. The maximum Gasteiger partial charge on any atom is 0.416 e. The second-order valence-electron chi connectivity index (χ2n) is 5.06. The highest BCUT2D eigenvalue weighted by molar-refractivity contribution is 5.85. The van der Waals surface area contributed by atoms with E-state index in [-0.39, 0.29) is 23.7 Å². The molecule has 1 N–H and O–H groups in total. The van der Waals surface area contributed by atoms with E-state index in [1.165, 1.54) is 0 Å². The first kappa shape index (κ1) is 14.4. The summed E-state index contributed by atoms with van der Waals surface area (Å²) < 4.78 is 42.9. The molecule has 2 fully saturated rings. The van der Waals surface area contributed by atoms with E-state index in [4.69, 9.17) is 4.74 Å². The van der Waals surface area contributed by atoms with Crippen molar-refractivity contribution in [3.05, 3.63) is 23.9 Å². The standard InChI is InChI=1S/C12H13F3N2O.ClH/c13-12(14,15)8-1-2-17-10(3-8)18-7-11-4-9(11)5-16-6-11;/h1-3,9,16H,4-7H2;1H. The minimum absolute atomic E-state index is 0. The van der Waals surface area contributed by atoms with Gasteiger partial charge in [-0.05, 0) is 24.9 Å². The van der Waals surface area contributed by atoms with Gasteiger partial charge in [-0.2, -0.15) is 13.2 Å². The number of hydrogen-bond donors (Lipinski definition) is 1. The van der Waals surface area contributed by atoms with Gasteiger partial charge >= 0.3 is 6.18 Å². The monoisotopic (exact) mass is 294 g/mol. The number of piperidine rings is 1. The highest BCUT2D eigenvalue weighted by Gasteiger charge is 2.57. The second kappa shape index (κ2) is 4.83. The minimum atomic E-state index is -4.35. The number of fused-ring (bicyclic) bond motifs is 1.